The van der Waals surface area contributed by atoms with Crippen LogP contribution in [-0.2, 0) is 0 Å². The molecule has 2 N–H and O–H groups in total. The second kappa shape index (κ2) is 5.96. The predicted molar refractivity (Wildman–Crippen MR) is 83.5 cm³/mol. The molecule has 22 heavy (non-hydrogen) atoms. The van der Waals surface area contributed by atoms with Crippen molar-refractivity contribution in [2.75, 3.05) is 50.6 Å². The molecule has 1 aromatic rings. The predicted octanol–water partition coefficient (Wildman–Crippen LogP) is 0.940. The lowest BCUT2D eigenvalue weighted by Crippen LogP contribution is -2.61. The van der Waals surface area contributed by atoms with E-state index >= 15 is 0 Å². The molecule has 0 bridgehead atoms. The third-order valence-electron chi connectivity index (χ3n) is 5.26. The van der Waals surface area contributed by atoms with Gasteiger partial charge in [0.2, 0.25) is 5.95 Å². The SMILES string of the molecule is CNc1nc(N2CC[C@@]3(CO)CCCN(C)[C@@H]3C2)ncc1F. The van der Waals surface area contributed by atoms with Crippen molar-refractivity contribution in [3.8, 4) is 0 Å². The van der Waals surface area contributed by atoms with Crippen LogP contribution in [0.1, 0.15) is 19.3 Å². The lowest BCUT2D eigenvalue weighted by Gasteiger charge is -2.53. The van der Waals surface area contributed by atoms with Crippen molar-refractivity contribution in [2.45, 2.75) is 25.3 Å². The summed E-state index contributed by atoms with van der Waals surface area (Å²) < 4.78 is 13.5. The first-order valence-corrected chi connectivity index (χ1v) is 7.86. The van der Waals surface area contributed by atoms with E-state index in [0.29, 0.717) is 5.95 Å². The van der Waals surface area contributed by atoms with E-state index in [1.165, 1.54) is 6.20 Å². The van der Waals surface area contributed by atoms with Crippen LogP contribution in [0.5, 0.6) is 0 Å². The van der Waals surface area contributed by atoms with Crippen LogP contribution in [0.3, 0.4) is 0 Å². The van der Waals surface area contributed by atoms with Gasteiger partial charge < -0.3 is 20.2 Å². The average Bonchev–Trinajstić information content (AvgIpc) is 2.55. The van der Waals surface area contributed by atoms with Crippen molar-refractivity contribution in [2.24, 2.45) is 5.41 Å². The molecule has 3 heterocycles. The maximum atomic E-state index is 13.5. The smallest absolute Gasteiger partial charge is 0.227 e. The third kappa shape index (κ3) is 2.52. The van der Waals surface area contributed by atoms with E-state index in [9.17, 15) is 9.50 Å². The Hall–Kier alpha value is -1.47. The number of rotatable bonds is 3. The van der Waals surface area contributed by atoms with Crippen LogP contribution in [0, 0.1) is 11.2 Å². The number of likely N-dealkylation sites (tertiary alicyclic amines) is 1. The zero-order valence-corrected chi connectivity index (χ0v) is 13.2. The quantitative estimate of drug-likeness (QED) is 0.866. The Morgan fingerprint density at radius 2 is 2.27 bits per heavy atom. The Labute approximate surface area is 130 Å². The first kappa shape index (κ1) is 15.4. The number of likely N-dealkylation sites (N-methyl/N-ethyl adjacent to an activating group) is 1. The molecule has 2 fully saturated rings. The molecule has 0 amide bonds. The van der Waals surface area contributed by atoms with Crippen LogP contribution in [0.4, 0.5) is 16.2 Å². The van der Waals surface area contributed by atoms with Crippen molar-refractivity contribution in [3.63, 3.8) is 0 Å². The molecular weight excluding hydrogens is 285 g/mol. The normalized spacial score (nSPS) is 29.3. The summed E-state index contributed by atoms with van der Waals surface area (Å²) in [6.07, 6.45) is 4.32. The van der Waals surface area contributed by atoms with Gasteiger partial charge in [-0.3, -0.25) is 0 Å². The average molecular weight is 309 g/mol. The number of fused-ring (bicyclic) bond motifs is 1. The van der Waals surface area contributed by atoms with Gasteiger partial charge in [0.05, 0.1) is 12.8 Å². The minimum Gasteiger partial charge on any atom is -0.396 e. The molecule has 2 aliphatic rings. The van der Waals surface area contributed by atoms with Crippen LogP contribution >= 0.6 is 0 Å². The molecule has 0 aromatic carbocycles. The van der Waals surface area contributed by atoms with Crippen LogP contribution < -0.4 is 10.2 Å². The highest BCUT2D eigenvalue weighted by atomic mass is 19.1. The lowest BCUT2D eigenvalue weighted by molar-refractivity contribution is -0.0278. The molecule has 2 atom stereocenters. The fourth-order valence-electron chi connectivity index (χ4n) is 3.88. The first-order valence-electron chi connectivity index (χ1n) is 7.86. The number of halogens is 1. The summed E-state index contributed by atoms with van der Waals surface area (Å²) in [5, 5.41) is 12.7. The van der Waals surface area contributed by atoms with E-state index in [2.05, 4.69) is 32.1 Å². The van der Waals surface area contributed by atoms with Crippen LogP contribution in [0.15, 0.2) is 6.20 Å². The number of piperidine rings is 2. The topological polar surface area (TPSA) is 64.5 Å². The van der Waals surface area contributed by atoms with Gasteiger partial charge in [-0.05, 0) is 32.9 Å². The number of aliphatic hydroxyl groups excluding tert-OH is 1. The highest BCUT2D eigenvalue weighted by Crippen LogP contribution is 2.42. The number of nitrogens with zero attached hydrogens (tertiary/aromatic N) is 4. The monoisotopic (exact) mass is 309 g/mol. The summed E-state index contributed by atoms with van der Waals surface area (Å²) in [4.78, 5) is 12.8. The molecule has 0 saturated carbocycles. The van der Waals surface area contributed by atoms with Gasteiger partial charge in [0, 0.05) is 31.6 Å². The number of anilines is 2. The van der Waals surface area contributed by atoms with Gasteiger partial charge in [-0.2, -0.15) is 4.98 Å². The maximum Gasteiger partial charge on any atom is 0.227 e. The molecule has 0 spiro atoms. The number of aromatic nitrogens is 2. The van der Waals surface area contributed by atoms with Gasteiger partial charge in [-0.1, -0.05) is 0 Å². The lowest BCUT2D eigenvalue weighted by atomic mass is 9.69. The van der Waals surface area contributed by atoms with Crippen LogP contribution in [0.25, 0.3) is 0 Å². The summed E-state index contributed by atoms with van der Waals surface area (Å²) >= 11 is 0. The molecule has 2 saturated heterocycles. The maximum absolute atomic E-state index is 13.5. The van der Waals surface area contributed by atoms with E-state index < -0.39 is 5.82 Å². The molecule has 2 aliphatic heterocycles. The molecule has 6 nitrogen and oxygen atoms in total. The number of nitrogens with one attached hydrogen (secondary N) is 1. The summed E-state index contributed by atoms with van der Waals surface area (Å²) in [5.74, 6) is 0.333. The van der Waals surface area contributed by atoms with Crippen molar-refractivity contribution < 1.29 is 9.50 Å². The van der Waals surface area contributed by atoms with Crippen molar-refractivity contribution in [3.05, 3.63) is 12.0 Å². The molecular formula is C15H24FN5O. The van der Waals surface area contributed by atoms with Gasteiger partial charge in [0.15, 0.2) is 11.6 Å². The first-order chi connectivity index (χ1) is 10.6. The largest absolute Gasteiger partial charge is 0.396 e. The van der Waals surface area contributed by atoms with E-state index in [1.807, 2.05) is 0 Å². The van der Waals surface area contributed by atoms with Gasteiger partial charge in [-0.15, -0.1) is 0 Å². The molecule has 0 aliphatic carbocycles. The zero-order valence-electron chi connectivity index (χ0n) is 13.2. The molecule has 0 radical (unpaired) electrons. The fraction of sp³-hybridized carbons (Fsp3) is 0.733. The van der Waals surface area contributed by atoms with Crippen molar-refractivity contribution in [1.29, 1.82) is 0 Å². The van der Waals surface area contributed by atoms with Gasteiger partial charge in [0.25, 0.3) is 0 Å². The summed E-state index contributed by atoms with van der Waals surface area (Å²) in [5.41, 5.74) is -0.0185. The Balaban J connectivity index is 1.83. The molecule has 1 aromatic heterocycles. The summed E-state index contributed by atoms with van der Waals surface area (Å²) in [7, 11) is 3.76. The van der Waals surface area contributed by atoms with E-state index in [4.69, 9.17) is 0 Å². The van der Waals surface area contributed by atoms with E-state index in [0.717, 1.165) is 38.9 Å². The van der Waals surface area contributed by atoms with Crippen molar-refractivity contribution in [1.82, 2.24) is 14.9 Å². The van der Waals surface area contributed by atoms with Crippen LogP contribution in [0.2, 0.25) is 0 Å². The standard InChI is InChI=1S/C15H24FN5O/c1-17-13-11(16)8-18-14(19-13)21-7-5-15(10-22)4-3-6-20(2)12(15)9-21/h8,12,22H,3-7,9-10H2,1-2H3,(H,17,18,19)/t12-,15-/m1/s1. The van der Waals surface area contributed by atoms with Crippen LogP contribution in [-0.4, -0.2) is 66.4 Å². The highest BCUT2D eigenvalue weighted by Gasteiger charge is 2.46. The minimum absolute atomic E-state index is 0.0185. The van der Waals surface area contributed by atoms with Gasteiger partial charge >= 0.3 is 0 Å². The van der Waals surface area contributed by atoms with Crippen molar-refractivity contribution >= 4 is 11.8 Å². The van der Waals surface area contributed by atoms with E-state index in [1.54, 1.807) is 7.05 Å². The fourth-order valence-corrected chi connectivity index (χ4v) is 3.88. The Morgan fingerprint density at radius 3 is 3.00 bits per heavy atom. The number of hydrogen-bond acceptors (Lipinski definition) is 6. The van der Waals surface area contributed by atoms with Gasteiger partial charge in [0.1, 0.15) is 0 Å². The Bertz CT molecular complexity index is 543. The molecule has 0 unspecified atom stereocenters. The zero-order chi connectivity index (χ0) is 15.7. The second-order valence-electron chi connectivity index (χ2n) is 6.43. The number of aliphatic hydroxyl groups is 1. The Morgan fingerprint density at radius 1 is 1.45 bits per heavy atom. The molecule has 122 valence electrons. The summed E-state index contributed by atoms with van der Waals surface area (Å²) in [6, 6.07) is 0.284. The van der Waals surface area contributed by atoms with E-state index in [-0.39, 0.29) is 23.9 Å². The Kier molecular flexibility index (Phi) is 4.18. The highest BCUT2D eigenvalue weighted by molar-refractivity contribution is 5.42. The number of hydrogen-bond donors (Lipinski definition) is 2. The third-order valence-corrected chi connectivity index (χ3v) is 5.26. The van der Waals surface area contributed by atoms with Gasteiger partial charge in [-0.25, -0.2) is 9.37 Å². The second-order valence-corrected chi connectivity index (χ2v) is 6.43. The minimum atomic E-state index is -0.442. The summed E-state index contributed by atoms with van der Waals surface area (Å²) in [6.45, 7) is 2.83. The molecule has 3 rings (SSSR count). The molecule has 7 heteroatoms.